The molecule has 5 heteroatoms. The molecule has 0 spiro atoms. The number of nitrogens with zero attached hydrogens (tertiary/aromatic N) is 2. The van der Waals surface area contributed by atoms with Crippen molar-refractivity contribution in [3.63, 3.8) is 0 Å². The summed E-state index contributed by atoms with van der Waals surface area (Å²) in [6.07, 6.45) is 0. The van der Waals surface area contributed by atoms with Crippen molar-refractivity contribution in [3.05, 3.63) is 46.1 Å². The maximum absolute atomic E-state index is 12.9. The fraction of sp³-hybridized carbons (Fsp3) is 0.231. The van der Waals surface area contributed by atoms with Crippen LogP contribution in [-0.4, -0.2) is 9.97 Å². The van der Waals surface area contributed by atoms with Gasteiger partial charge in [0, 0.05) is 5.56 Å². The van der Waals surface area contributed by atoms with Crippen LogP contribution in [0.2, 0.25) is 10.3 Å². The van der Waals surface area contributed by atoms with Crippen molar-refractivity contribution in [3.8, 4) is 11.3 Å². The Morgan fingerprint density at radius 3 is 2.22 bits per heavy atom. The predicted octanol–water partition coefficient (Wildman–Crippen LogP) is 4.71. The lowest BCUT2D eigenvalue weighted by atomic mass is 10.1. The van der Waals surface area contributed by atoms with Crippen molar-refractivity contribution in [1.29, 1.82) is 0 Å². The minimum atomic E-state index is -0.306. The fourth-order valence-corrected chi connectivity index (χ4v) is 2.21. The molecule has 94 valence electrons. The largest absolute Gasteiger partial charge is 0.223 e. The number of rotatable bonds is 2. The molecule has 0 amide bonds. The van der Waals surface area contributed by atoms with Crippen molar-refractivity contribution >= 4 is 23.2 Å². The monoisotopic (exact) mass is 284 g/mol. The minimum Gasteiger partial charge on any atom is -0.221 e. The molecule has 0 radical (unpaired) electrons. The van der Waals surface area contributed by atoms with Crippen LogP contribution in [0.5, 0.6) is 0 Å². The Balaban J connectivity index is 2.60. The molecule has 0 atom stereocenters. The zero-order valence-corrected chi connectivity index (χ0v) is 11.4. The molecule has 2 nitrogen and oxygen atoms in total. The van der Waals surface area contributed by atoms with Gasteiger partial charge in [0.2, 0.25) is 5.28 Å². The summed E-state index contributed by atoms with van der Waals surface area (Å²) < 4.78 is 12.9. The van der Waals surface area contributed by atoms with E-state index in [9.17, 15) is 4.39 Å². The molecule has 0 N–H and O–H groups in total. The first-order valence-corrected chi connectivity index (χ1v) is 6.23. The van der Waals surface area contributed by atoms with E-state index in [-0.39, 0.29) is 17.0 Å². The van der Waals surface area contributed by atoms with E-state index in [2.05, 4.69) is 9.97 Å². The van der Waals surface area contributed by atoms with E-state index in [4.69, 9.17) is 23.2 Å². The minimum absolute atomic E-state index is 0.136. The molecule has 0 unspecified atom stereocenters. The van der Waals surface area contributed by atoms with Crippen LogP contribution in [0.25, 0.3) is 11.3 Å². The topological polar surface area (TPSA) is 25.8 Å². The average Bonchev–Trinajstić information content (AvgIpc) is 2.32. The van der Waals surface area contributed by atoms with Crippen molar-refractivity contribution in [2.24, 2.45) is 0 Å². The highest BCUT2D eigenvalue weighted by Crippen LogP contribution is 2.32. The molecule has 0 saturated heterocycles. The van der Waals surface area contributed by atoms with E-state index < -0.39 is 0 Å². The molecular formula is C13H11Cl2FN2. The van der Waals surface area contributed by atoms with Gasteiger partial charge in [-0.2, -0.15) is 0 Å². The van der Waals surface area contributed by atoms with Gasteiger partial charge in [0.15, 0.2) is 0 Å². The highest BCUT2D eigenvalue weighted by Gasteiger charge is 2.15. The third kappa shape index (κ3) is 2.62. The van der Waals surface area contributed by atoms with Crippen LogP contribution in [0, 0.1) is 5.82 Å². The van der Waals surface area contributed by atoms with E-state index in [1.54, 1.807) is 12.1 Å². The Labute approximate surface area is 115 Å². The fourth-order valence-electron chi connectivity index (χ4n) is 1.62. The summed E-state index contributed by atoms with van der Waals surface area (Å²) in [5.41, 5.74) is 1.93. The molecule has 1 aromatic heterocycles. The SMILES string of the molecule is CC(C)c1nc(Cl)nc(-c2ccc(F)cc2)c1Cl. The van der Waals surface area contributed by atoms with Crippen LogP contribution in [0.15, 0.2) is 24.3 Å². The number of hydrogen-bond donors (Lipinski definition) is 0. The summed E-state index contributed by atoms with van der Waals surface area (Å²) in [5, 5.41) is 0.600. The molecule has 1 aromatic carbocycles. The normalized spacial score (nSPS) is 11.0. The van der Waals surface area contributed by atoms with E-state index in [0.717, 1.165) is 0 Å². The summed E-state index contributed by atoms with van der Waals surface area (Å²) >= 11 is 12.2. The summed E-state index contributed by atoms with van der Waals surface area (Å²) in [4.78, 5) is 8.24. The van der Waals surface area contributed by atoms with Crippen molar-refractivity contribution in [1.82, 2.24) is 9.97 Å². The lowest BCUT2D eigenvalue weighted by Crippen LogP contribution is -1.99. The predicted molar refractivity (Wildman–Crippen MR) is 71.5 cm³/mol. The average molecular weight is 285 g/mol. The summed E-state index contributed by atoms with van der Waals surface area (Å²) in [6, 6.07) is 5.95. The van der Waals surface area contributed by atoms with E-state index in [0.29, 0.717) is 22.0 Å². The highest BCUT2D eigenvalue weighted by atomic mass is 35.5. The first-order valence-electron chi connectivity index (χ1n) is 5.48. The Kier molecular flexibility index (Phi) is 3.83. The Hall–Kier alpha value is -1.19. The van der Waals surface area contributed by atoms with Crippen LogP contribution in [0.1, 0.15) is 25.5 Å². The number of aromatic nitrogens is 2. The Bertz CT molecular complexity index is 568. The van der Waals surface area contributed by atoms with E-state index in [1.807, 2.05) is 13.8 Å². The lowest BCUT2D eigenvalue weighted by Gasteiger charge is -2.11. The van der Waals surface area contributed by atoms with Gasteiger partial charge in [0.25, 0.3) is 0 Å². The summed E-state index contributed by atoms with van der Waals surface area (Å²) in [5.74, 6) is -0.170. The maximum atomic E-state index is 12.9. The Morgan fingerprint density at radius 2 is 1.67 bits per heavy atom. The van der Waals surface area contributed by atoms with E-state index in [1.165, 1.54) is 12.1 Å². The summed E-state index contributed by atoms with van der Waals surface area (Å²) in [7, 11) is 0. The maximum Gasteiger partial charge on any atom is 0.223 e. The second kappa shape index (κ2) is 5.21. The van der Waals surface area contributed by atoms with Crippen LogP contribution >= 0.6 is 23.2 Å². The van der Waals surface area contributed by atoms with Crippen LogP contribution in [-0.2, 0) is 0 Å². The van der Waals surface area contributed by atoms with Gasteiger partial charge in [0.05, 0.1) is 16.4 Å². The van der Waals surface area contributed by atoms with Gasteiger partial charge >= 0.3 is 0 Å². The molecule has 0 aliphatic heterocycles. The molecule has 1 heterocycles. The van der Waals surface area contributed by atoms with Crippen molar-refractivity contribution in [2.45, 2.75) is 19.8 Å². The van der Waals surface area contributed by atoms with Crippen LogP contribution < -0.4 is 0 Å². The molecule has 0 saturated carbocycles. The zero-order chi connectivity index (χ0) is 13.3. The molecule has 0 aliphatic rings. The highest BCUT2D eigenvalue weighted by molar-refractivity contribution is 6.34. The molecule has 2 rings (SSSR count). The Morgan fingerprint density at radius 1 is 1.06 bits per heavy atom. The second-order valence-electron chi connectivity index (χ2n) is 4.20. The molecule has 18 heavy (non-hydrogen) atoms. The first kappa shape index (κ1) is 13.2. The number of halogens is 3. The molecule has 0 fully saturated rings. The van der Waals surface area contributed by atoms with E-state index >= 15 is 0 Å². The molecular weight excluding hydrogens is 274 g/mol. The van der Waals surface area contributed by atoms with Gasteiger partial charge in [-0.3, -0.25) is 0 Å². The zero-order valence-electron chi connectivity index (χ0n) is 9.92. The van der Waals surface area contributed by atoms with Crippen molar-refractivity contribution < 1.29 is 4.39 Å². The van der Waals surface area contributed by atoms with Gasteiger partial charge in [-0.25, -0.2) is 14.4 Å². The van der Waals surface area contributed by atoms with Gasteiger partial charge < -0.3 is 0 Å². The third-order valence-electron chi connectivity index (χ3n) is 2.51. The lowest BCUT2D eigenvalue weighted by molar-refractivity contribution is 0.628. The summed E-state index contributed by atoms with van der Waals surface area (Å²) in [6.45, 7) is 3.94. The number of benzene rings is 1. The molecule has 0 bridgehead atoms. The van der Waals surface area contributed by atoms with Crippen LogP contribution in [0.4, 0.5) is 4.39 Å². The smallest absolute Gasteiger partial charge is 0.221 e. The standard InChI is InChI=1S/C13H11Cl2FN2/c1-7(2)11-10(14)12(18-13(15)17-11)8-3-5-9(16)6-4-8/h3-7H,1-2H3. The van der Waals surface area contributed by atoms with Crippen LogP contribution in [0.3, 0.4) is 0 Å². The van der Waals surface area contributed by atoms with Crippen molar-refractivity contribution in [2.75, 3.05) is 0 Å². The number of hydrogen-bond acceptors (Lipinski definition) is 2. The molecule has 0 aliphatic carbocycles. The second-order valence-corrected chi connectivity index (χ2v) is 4.92. The third-order valence-corrected chi connectivity index (χ3v) is 3.06. The quantitative estimate of drug-likeness (QED) is 0.746. The van der Waals surface area contributed by atoms with Gasteiger partial charge in [-0.15, -0.1) is 0 Å². The van der Waals surface area contributed by atoms with Gasteiger partial charge in [0.1, 0.15) is 5.82 Å². The van der Waals surface area contributed by atoms with Gasteiger partial charge in [-0.05, 0) is 41.8 Å². The molecule has 2 aromatic rings. The first-order chi connectivity index (χ1) is 8.49. The van der Waals surface area contributed by atoms with Gasteiger partial charge in [-0.1, -0.05) is 25.4 Å².